The van der Waals surface area contributed by atoms with Gasteiger partial charge in [-0.05, 0) is 38.3 Å². The molecule has 29 heavy (non-hydrogen) atoms. The number of nitrogens with zero attached hydrogens (tertiary/aromatic N) is 2. The Bertz CT molecular complexity index is 963. The number of aryl methyl sites for hydroxylation is 1. The van der Waals surface area contributed by atoms with Gasteiger partial charge < -0.3 is 16.0 Å². The number of hydrogen-bond acceptors (Lipinski definition) is 5. The molecule has 0 aliphatic heterocycles. The number of non-ortho nitro benzene ring substituents is 1. The SMILES string of the molecule is Cc1cc(NC(=O)NC(C)(C)C(=O)NCC(C)(C)C)c2cc([N+](=O)[O-])ccc2n1. The summed E-state index contributed by atoms with van der Waals surface area (Å²) in [4.78, 5) is 39.9. The highest BCUT2D eigenvalue weighted by Crippen LogP contribution is 2.27. The van der Waals surface area contributed by atoms with Crippen molar-refractivity contribution in [2.45, 2.75) is 47.1 Å². The lowest BCUT2D eigenvalue weighted by molar-refractivity contribution is -0.384. The summed E-state index contributed by atoms with van der Waals surface area (Å²) >= 11 is 0. The number of carbonyl (C=O) groups excluding carboxylic acids is 2. The standard InChI is InChI=1S/C20H27N5O4/c1-12-9-16(14-10-13(25(28)29)7-8-15(14)22-12)23-18(27)24-20(5,6)17(26)21-11-19(2,3)4/h7-10H,11H2,1-6H3,(H,21,26)(H2,22,23,24,27). The zero-order valence-electron chi connectivity index (χ0n) is 17.5. The minimum atomic E-state index is -1.15. The minimum Gasteiger partial charge on any atom is -0.354 e. The van der Waals surface area contributed by atoms with E-state index in [-0.39, 0.29) is 17.0 Å². The Morgan fingerprint density at radius 2 is 1.79 bits per heavy atom. The molecule has 156 valence electrons. The smallest absolute Gasteiger partial charge is 0.320 e. The number of pyridine rings is 1. The number of nitrogens with one attached hydrogen (secondary N) is 3. The Morgan fingerprint density at radius 3 is 2.38 bits per heavy atom. The number of aromatic nitrogens is 1. The van der Waals surface area contributed by atoms with Gasteiger partial charge in [-0.15, -0.1) is 0 Å². The monoisotopic (exact) mass is 401 g/mol. The van der Waals surface area contributed by atoms with Crippen molar-refractivity contribution < 1.29 is 14.5 Å². The van der Waals surface area contributed by atoms with Crippen LogP contribution in [0.1, 0.15) is 40.3 Å². The Hall–Kier alpha value is -3.23. The van der Waals surface area contributed by atoms with Gasteiger partial charge in [0, 0.05) is 29.8 Å². The van der Waals surface area contributed by atoms with Crippen molar-refractivity contribution >= 4 is 34.2 Å². The molecule has 0 radical (unpaired) electrons. The third-order valence-electron chi connectivity index (χ3n) is 4.15. The lowest BCUT2D eigenvalue weighted by Gasteiger charge is -2.28. The molecular formula is C20H27N5O4. The predicted molar refractivity (Wildman–Crippen MR) is 112 cm³/mol. The van der Waals surface area contributed by atoms with Gasteiger partial charge in [-0.25, -0.2) is 4.79 Å². The molecule has 9 nitrogen and oxygen atoms in total. The van der Waals surface area contributed by atoms with Crippen molar-refractivity contribution in [2.75, 3.05) is 11.9 Å². The van der Waals surface area contributed by atoms with E-state index < -0.39 is 16.5 Å². The van der Waals surface area contributed by atoms with Crippen LogP contribution in [-0.4, -0.2) is 33.9 Å². The van der Waals surface area contributed by atoms with Crippen molar-refractivity contribution in [3.63, 3.8) is 0 Å². The second-order valence-corrected chi connectivity index (χ2v) is 8.72. The van der Waals surface area contributed by atoms with E-state index in [1.165, 1.54) is 18.2 Å². The van der Waals surface area contributed by atoms with Gasteiger partial charge in [0.05, 0.1) is 16.1 Å². The van der Waals surface area contributed by atoms with Crippen LogP contribution in [-0.2, 0) is 4.79 Å². The van der Waals surface area contributed by atoms with E-state index in [0.29, 0.717) is 28.8 Å². The zero-order valence-corrected chi connectivity index (χ0v) is 17.5. The molecule has 0 spiro atoms. The number of rotatable bonds is 5. The molecule has 1 heterocycles. The van der Waals surface area contributed by atoms with Crippen LogP contribution in [0.25, 0.3) is 10.9 Å². The highest BCUT2D eigenvalue weighted by Gasteiger charge is 2.30. The lowest BCUT2D eigenvalue weighted by atomic mass is 9.96. The van der Waals surface area contributed by atoms with Crippen molar-refractivity contribution in [2.24, 2.45) is 5.41 Å². The molecule has 0 fully saturated rings. The van der Waals surface area contributed by atoms with E-state index in [9.17, 15) is 19.7 Å². The van der Waals surface area contributed by atoms with E-state index in [0.717, 1.165) is 0 Å². The maximum atomic E-state index is 12.6. The number of hydrogen-bond donors (Lipinski definition) is 3. The maximum absolute atomic E-state index is 12.6. The van der Waals surface area contributed by atoms with Crippen LogP contribution in [0, 0.1) is 22.5 Å². The molecule has 3 N–H and O–H groups in total. The largest absolute Gasteiger partial charge is 0.354 e. The topological polar surface area (TPSA) is 126 Å². The van der Waals surface area contributed by atoms with Crippen molar-refractivity contribution in [1.29, 1.82) is 0 Å². The van der Waals surface area contributed by atoms with Gasteiger partial charge in [0.25, 0.3) is 5.69 Å². The molecule has 0 aliphatic carbocycles. The van der Waals surface area contributed by atoms with Gasteiger partial charge >= 0.3 is 6.03 Å². The summed E-state index contributed by atoms with van der Waals surface area (Å²) in [5.41, 5.74) is 0.195. The molecule has 0 atom stereocenters. The number of anilines is 1. The molecule has 3 amide bonds. The van der Waals surface area contributed by atoms with E-state index in [4.69, 9.17) is 0 Å². The van der Waals surface area contributed by atoms with Gasteiger partial charge in [-0.2, -0.15) is 0 Å². The van der Waals surface area contributed by atoms with E-state index in [2.05, 4.69) is 20.9 Å². The predicted octanol–water partition coefficient (Wildman–Crippen LogP) is 3.51. The van der Waals surface area contributed by atoms with Crippen molar-refractivity contribution in [3.8, 4) is 0 Å². The van der Waals surface area contributed by atoms with Crippen molar-refractivity contribution in [3.05, 3.63) is 40.1 Å². The summed E-state index contributed by atoms with van der Waals surface area (Å²) in [6.07, 6.45) is 0. The normalized spacial score (nSPS) is 11.8. The van der Waals surface area contributed by atoms with E-state index >= 15 is 0 Å². The van der Waals surface area contributed by atoms with Crippen LogP contribution in [0.2, 0.25) is 0 Å². The molecule has 0 aliphatic rings. The second kappa shape index (κ2) is 8.02. The highest BCUT2D eigenvalue weighted by atomic mass is 16.6. The number of benzene rings is 1. The summed E-state index contributed by atoms with van der Waals surface area (Å²) < 4.78 is 0. The molecule has 0 bridgehead atoms. The van der Waals surface area contributed by atoms with Gasteiger partial charge in [-0.1, -0.05) is 20.8 Å². The average Bonchev–Trinajstić information content (AvgIpc) is 2.57. The molecule has 0 unspecified atom stereocenters. The Morgan fingerprint density at radius 1 is 1.14 bits per heavy atom. The quantitative estimate of drug-likeness (QED) is 0.522. The number of nitro benzene ring substituents is 1. The summed E-state index contributed by atoms with van der Waals surface area (Å²) in [6.45, 7) is 11.4. The molecule has 1 aromatic heterocycles. The molecule has 1 aromatic carbocycles. The van der Waals surface area contributed by atoms with Gasteiger partial charge in [0.2, 0.25) is 5.91 Å². The lowest BCUT2D eigenvalue weighted by Crippen LogP contribution is -2.56. The summed E-state index contributed by atoms with van der Waals surface area (Å²) in [5.74, 6) is -0.311. The first-order valence-corrected chi connectivity index (χ1v) is 9.22. The minimum absolute atomic E-state index is 0.0871. The molecule has 2 aromatic rings. The Balaban J connectivity index is 2.21. The maximum Gasteiger partial charge on any atom is 0.320 e. The van der Waals surface area contributed by atoms with Crippen LogP contribution in [0.15, 0.2) is 24.3 Å². The number of carbonyl (C=O) groups is 2. The summed E-state index contributed by atoms with van der Waals surface area (Å²) in [6, 6.07) is 5.28. The molecule has 0 saturated carbocycles. The Labute approximate surface area is 169 Å². The Kier molecular flexibility index (Phi) is 6.10. The van der Waals surface area contributed by atoms with Crippen LogP contribution in [0.4, 0.5) is 16.2 Å². The fraction of sp³-hybridized carbons (Fsp3) is 0.450. The fourth-order valence-corrected chi connectivity index (χ4v) is 2.62. The first-order valence-electron chi connectivity index (χ1n) is 9.22. The number of fused-ring (bicyclic) bond motifs is 1. The van der Waals surface area contributed by atoms with Gasteiger partial charge in [-0.3, -0.25) is 19.9 Å². The number of urea groups is 1. The molecule has 9 heteroatoms. The van der Waals surface area contributed by atoms with Crippen LogP contribution < -0.4 is 16.0 Å². The van der Waals surface area contributed by atoms with Crippen LogP contribution in [0.5, 0.6) is 0 Å². The molecular weight excluding hydrogens is 374 g/mol. The fourth-order valence-electron chi connectivity index (χ4n) is 2.62. The van der Waals surface area contributed by atoms with Crippen LogP contribution >= 0.6 is 0 Å². The van der Waals surface area contributed by atoms with Crippen LogP contribution in [0.3, 0.4) is 0 Å². The first kappa shape index (κ1) is 22.1. The zero-order chi connectivity index (χ0) is 22.0. The van der Waals surface area contributed by atoms with Gasteiger partial charge in [0.1, 0.15) is 5.54 Å². The average molecular weight is 401 g/mol. The molecule has 2 rings (SSSR count). The third-order valence-corrected chi connectivity index (χ3v) is 4.15. The van der Waals surface area contributed by atoms with E-state index in [1.807, 2.05) is 20.8 Å². The summed E-state index contributed by atoms with van der Waals surface area (Å²) in [7, 11) is 0. The van der Waals surface area contributed by atoms with E-state index in [1.54, 1.807) is 26.8 Å². The van der Waals surface area contributed by atoms with Crippen molar-refractivity contribution in [1.82, 2.24) is 15.6 Å². The summed E-state index contributed by atoms with van der Waals surface area (Å²) in [5, 5.41) is 19.7. The third kappa shape index (κ3) is 5.87. The second-order valence-electron chi connectivity index (χ2n) is 8.72. The number of amides is 3. The first-order chi connectivity index (χ1) is 13.3. The number of nitro groups is 1. The molecule has 0 saturated heterocycles. The van der Waals surface area contributed by atoms with Gasteiger partial charge in [0.15, 0.2) is 0 Å². The highest BCUT2D eigenvalue weighted by molar-refractivity contribution is 6.02.